The van der Waals surface area contributed by atoms with Gasteiger partial charge >= 0.3 is 11.9 Å². The van der Waals surface area contributed by atoms with Crippen molar-refractivity contribution in [1.82, 2.24) is 0 Å². The van der Waals surface area contributed by atoms with Crippen molar-refractivity contribution in [2.24, 2.45) is 0 Å². The Bertz CT molecular complexity index is 425. The van der Waals surface area contributed by atoms with Gasteiger partial charge in [-0.05, 0) is 26.0 Å². The van der Waals surface area contributed by atoms with Crippen molar-refractivity contribution in [2.45, 2.75) is 13.8 Å². The lowest BCUT2D eigenvalue weighted by molar-refractivity contribution is -0.145. The number of rotatable bonds is 5. The van der Waals surface area contributed by atoms with Crippen LogP contribution in [0, 0.1) is 6.92 Å². The molecule has 5 nitrogen and oxygen atoms in total. The van der Waals surface area contributed by atoms with Crippen LogP contribution in [0.5, 0.6) is 5.75 Å². The van der Waals surface area contributed by atoms with E-state index in [9.17, 15) is 9.59 Å². The minimum Gasteiger partial charge on any atom is -0.481 e. The van der Waals surface area contributed by atoms with Gasteiger partial charge < -0.3 is 14.6 Å². The Labute approximate surface area is 99.0 Å². The summed E-state index contributed by atoms with van der Waals surface area (Å²) in [6.07, 6.45) is 0. The van der Waals surface area contributed by atoms with Gasteiger partial charge in [-0.1, -0.05) is 11.6 Å². The fourth-order valence-corrected chi connectivity index (χ4v) is 1.28. The SMILES string of the molecule is CCOC(=O)COc1ccc(C)cc1C(=O)O. The molecule has 17 heavy (non-hydrogen) atoms. The van der Waals surface area contributed by atoms with Crippen LogP contribution in [0.25, 0.3) is 0 Å². The second-order valence-corrected chi connectivity index (χ2v) is 3.40. The third-order valence-corrected chi connectivity index (χ3v) is 2.02. The zero-order valence-corrected chi connectivity index (χ0v) is 9.73. The third-order valence-electron chi connectivity index (χ3n) is 2.02. The molecule has 0 aliphatic rings. The van der Waals surface area contributed by atoms with Crippen LogP contribution in [0.15, 0.2) is 18.2 Å². The Hall–Kier alpha value is -2.04. The summed E-state index contributed by atoms with van der Waals surface area (Å²) in [4.78, 5) is 22.0. The van der Waals surface area contributed by atoms with Crippen molar-refractivity contribution in [3.05, 3.63) is 29.3 Å². The zero-order chi connectivity index (χ0) is 12.8. The summed E-state index contributed by atoms with van der Waals surface area (Å²) in [7, 11) is 0. The molecule has 1 aromatic rings. The molecule has 92 valence electrons. The molecule has 0 aromatic heterocycles. The molecule has 0 bridgehead atoms. The van der Waals surface area contributed by atoms with E-state index in [0.717, 1.165) is 5.56 Å². The maximum absolute atomic E-state index is 11.1. The first kappa shape index (κ1) is 13.0. The summed E-state index contributed by atoms with van der Waals surface area (Å²) in [6.45, 7) is 3.44. The Balaban J connectivity index is 2.77. The number of carbonyl (C=O) groups excluding carboxylic acids is 1. The van der Waals surface area contributed by atoms with Crippen LogP contribution >= 0.6 is 0 Å². The summed E-state index contributed by atoms with van der Waals surface area (Å²) in [5.74, 6) is -1.45. The van der Waals surface area contributed by atoms with E-state index in [-0.39, 0.29) is 24.5 Å². The van der Waals surface area contributed by atoms with Crippen molar-refractivity contribution in [2.75, 3.05) is 13.2 Å². The molecule has 1 N–H and O–H groups in total. The minimum atomic E-state index is -1.09. The fourth-order valence-electron chi connectivity index (χ4n) is 1.28. The molecule has 0 saturated carbocycles. The largest absolute Gasteiger partial charge is 0.481 e. The average molecular weight is 238 g/mol. The number of carbonyl (C=O) groups is 2. The second kappa shape index (κ2) is 5.89. The van der Waals surface area contributed by atoms with Crippen molar-refractivity contribution in [3.8, 4) is 5.75 Å². The monoisotopic (exact) mass is 238 g/mol. The van der Waals surface area contributed by atoms with Crippen molar-refractivity contribution in [3.63, 3.8) is 0 Å². The van der Waals surface area contributed by atoms with Crippen LogP contribution in [0.1, 0.15) is 22.8 Å². The zero-order valence-electron chi connectivity index (χ0n) is 9.73. The molecular weight excluding hydrogens is 224 g/mol. The van der Waals surface area contributed by atoms with Crippen LogP contribution in [0.2, 0.25) is 0 Å². The van der Waals surface area contributed by atoms with E-state index in [0.29, 0.717) is 0 Å². The van der Waals surface area contributed by atoms with Crippen LogP contribution in [-0.2, 0) is 9.53 Å². The van der Waals surface area contributed by atoms with E-state index in [1.54, 1.807) is 19.9 Å². The topological polar surface area (TPSA) is 72.8 Å². The maximum atomic E-state index is 11.1. The molecule has 0 saturated heterocycles. The molecule has 0 spiro atoms. The van der Waals surface area contributed by atoms with E-state index in [4.69, 9.17) is 9.84 Å². The first-order valence-electron chi connectivity index (χ1n) is 5.17. The number of carboxylic acids is 1. The van der Waals surface area contributed by atoms with Gasteiger partial charge in [0.25, 0.3) is 0 Å². The minimum absolute atomic E-state index is 0.0364. The predicted molar refractivity (Wildman–Crippen MR) is 60.3 cm³/mol. The number of aromatic carboxylic acids is 1. The molecule has 0 aliphatic heterocycles. The lowest BCUT2D eigenvalue weighted by atomic mass is 10.1. The predicted octanol–water partition coefficient (Wildman–Crippen LogP) is 1.64. The quantitative estimate of drug-likeness (QED) is 0.789. The summed E-state index contributed by atoms with van der Waals surface area (Å²) in [5.41, 5.74) is 0.847. The van der Waals surface area contributed by atoms with Gasteiger partial charge in [-0.15, -0.1) is 0 Å². The molecule has 0 atom stereocenters. The molecule has 1 aromatic carbocycles. The molecule has 0 unspecified atom stereocenters. The van der Waals surface area contributed by atoms with Gasteiger partial charge in [0.15, 0.2) is 6.61 Å². The number of hydrogen-bond acceptors (Lipinski definition) is 4. The summed E-state index contributed by atoms with van der Waals surface area (Å²) >= 11 is 0. The van der Waals surface area contributed by atoms with Crippen molar-refractivity contribution < 1.29 is 24.2 Å². The summed E-state index contributed by atoms with van der Waals surface area (Å²) in [6, 6.07) is 4.73. The van der Waals surface area contributed by atoms with E-state index in [2.05, 4.69) is 4.74 Å². The third kappa shape index (κ3) is 3.79. The highest BCUT2D eigenvalue weighted by Crippen LogP contribution is 2.19. The number of ether oxygens (including phenoxy) is 2. The number of carboxylic acid groups (broad SMARTS) is 1. The first-order valence-corrected chi connectivity index (χ1v) is 5.17. The van der Waals surface area contributed by atoms with Gasteiger partial charge in [-0.25, -0.2) is 9.59 Å². The normalized spacial score (nSPS) is 9.76. The molecule has 0 heterocycles. The molecular formula is C12H14O5. The van der Waals surface area contributed by atoms with Gasteiger partial charge in [0.05, 0.1) is 6.61 Å². The Kier molecular flexibility index (Phi) is 4.51. The summed E-state index contributed by atoms with van der Waals surface area (Å²) < 4.78 is 9.79. The highest BCUT2D eigenvalue weighted by molar-refractivity contribution is 5.91. The Morgan fingerprint density at radius 2 is 2.06 bits per heavy atom. The van der Waals surface area contributed by atoms with Gasteiger partial charge in [-0.2, -0.15) is 0 Å². The van der Waals surface area contributed by atoms with Gasteiger partial charge in [0.1, 0.15) is 11.3 Å². The van der Waals surface area contributed by atoms with Crippen molar-refractivity contribution in [1.29, 1.82) is 0 Å². The highest BCUT2D eigenvalue weighted by Gasteiger charge is 2.13. The molecule has 0 fully saturated rings. The number of esters is 1. The van der Waals surface area contributed by atoms with Crippen LogP contribution in [-0.4, -0.2) is 30.3 Å². The van der Waals surface area contributed by atoms with Crippen LogP contribution < -0.4 is 4.74 Å². The smallest absolute Gasteiger partial charge is 0.344 e. The second-order valence-electron chi connectivity index (χ2n) is 3.40. The molecule has 5 heteroatoms. The van der Waals surface area contributed by atoms with Gasteiger partial charge in [0.2, 0.25) is 0 Å². The maximum Gasteiger partial charge on any atom is 0.344 e. The lowest BCUT2D eigenvalue weighted by Crippen LogP contribution is -2.16. The number of aryl methyl sites for hydroxylation is 1. The standard InChI is InChI=1S/C12H14O5/c1-3-16-11(13)7-17-10-5-4-8(2)6-9(10)12(14)15/h4-6H,3,7H2,1-2H3,(H,14,15). The van der Waals surface area contributed by atoms with Gasteiger partial charge in [-0.3, -0.25) is 0 Å². The first-order chi connectivity index (χ1) is 8.04. The highest BCUT2D eigenvalue weighted by atomic mass is 16.6. The molecule has 0 aliphatic carbocycles. The number of hydrogen-bond donors (Lipinski definition) is 1. The van der Waals surface area contributed by atoms with Crippen molar-refractivity contribution >= 4 is 11.9 Å². The Morgan fingerprint density at radius 1 is 1.35 bits per heavy atom. The molecule has 0 radical (unpaired) electrons. The van der Waals surface area contributed by atoms with Crippen LogP contribution in [0.3, 0.4) is 0 Å². The lowest BCUT2D eigenvalue weighted by Gasteiger charge is -2.09. The van der Waals surface area contributed by atoms with Gasteiger partial charge in [0, 0.05) is 0 Å². The van der Waals surface area contributed by atoms with E-state index in [1.165, 1.54) is 12.1 Å². The van der Waals surface area contributed by atoms with E-state index in [1.807, 2.05) is 0 Å². The van der Waals surface area contributed by atoms with E-state index >= 15 is 0 Å². The van der Waals surface area contributed by atoms with E-state index < -0.39 is 11.9 Å². The molecule has 1 rings (SSSR count). The Morgan fingerprint density at radius 3 is 2.65 bits per heavy atom. The molecule has 0 amide bonds. The fraction of sp³-hybridized carbons (Fsp3) is 0.333. The number of benzene rings is 1. The average Bonchev–Trinajstić information content (AvgIpc) is 2.27. The summed E-state index contributed by atoms with van der Waals surface area (Å²) in [5, 5.41) is 8.96. The van der Waals surface area contributed by atoms with Crippen LogP contribution in [0.4, 0.5) is 0 Å².